The zero-order valence-electron chi connectivity index (χ0n) is 32.8. The van der Waals surface area contributed by atoms with Gasteiger partial charge in [-0.3, -0.25) is 0 Å². The first-order valence-corrected chi connectivity index (χ1v) is 20.7. The van der Waals surface area contributed by atoms with Crippen LogP contribution in [0.4, 0.5) is 17.1 Å². The Morgan fingerprint density at radius 2 is 0.800 bits per heavy atom. The molecule has 0 aliphatic carbocycles. The molecule has 12 aromatic rings. The Morgan fingerprint density at radius 3 is 1.47 bits per heavy atom. The monoisotopic (exact) mass is 762 g/mol. The summed E-state index contributed by atoms with van der Waals surface area (Å²) in [7, 11) is 0. The van der Waals surface area contributed by atoms with Gasteiger partial charge in [-0.15, -0.1) is 0 Å². The molecular weight excluding hydrogens is 725 g/mol. The van der Waals surface area contributed by atoms with Gasteiger partial charge >= 0.3 is 0 Å². The summed E-state index contributed by atoms with van der Waals surface area (Å²) in [5.41, 5.74) is 13.0. The molecule has 0 spiro atoms. The summed E-state index contributed by atoms with van der Waals surface area (Å²) in [5.74, 6) is 0. The van der Waals surface area contributed by atoms with Gasteiger partial charge in [0.15, 0.2) is 0 Å². The fourth-order valence-electron chi connectivity index (χ4n) is 9.68. The summed E-state index contributed by atoms with van der Waals surface area (Å²) in [6.07, 6.45) is 2.24. The van der Waals surface area contributed by atoms with Crippen LogP contribution in [0, 0.1) is 0 Å². The Balaban J connectivity index is 1.09. The normalized spacial score (nSPS) is 11.7. The lowest BCUT2D eigenvalue weighted by Crippen LogP contribution is -2.10. The number of nitrogens with zero attached hydrogens (tertiary/aromatic N) is 2. The first-order valence-electron chi connectivity index (χ1n) is 20.7. The first kappa shape index (κ1) is 34.1. The van der Waals surface area contributed by atoms with Crippen molar-refractivity contribution < 1.29 is 0 Å². The smallest absolute Gasteiger partial charge is 0.0620 e. The average molecular weight is 763 g/mol. The van der Waals surface area contributed by atoms with E-state index < -0.39 is 0 Å². The number of hydrogen-bond donors (Lipinski definition) is 0. The lowest BCUT2D eigenvalue weighted by Gasteiger charge is -2.28. The maximum atomic E-state index is 2.44. The summed E-state index contributed by atoms with van der Waals surface area (Å²) in [4.78, 5) is 2.42. The van der Waals surface area contributed by atoms with E-state index in [4.69, 9.17) is 0 Å². The van der Waals surface area contributed by atoms with Gasteiger partial charge in [-0.1, -0.05) is 188 Å². The van der Waals surface area contributed by atoms with Crippen LogP contribution in [0.15, 0.2) is 231 Å². The second kappa shape index (κ2) is 13.9. The summed E-state index contributed by atoms with van der Waals surface area (Å²) in [6, 6.07) is 81.9. The molecule has 280 valence electrons. The number of pyridine rings is 1. The van der Waals surface area contributed by atoms with Crippen LogP contribution >= 0.6 is 0 Å². The van der Waals surface area contributed by atoms with E-state index in [1.54, 1.807) is 0 Å². The fourth-order valence-corrected chi connectivity index (χ4v) is 9.68. The summed E-state index contributed by atoms with van der Waals surface area (Å²) in [6.45, 7) is 0. The van der Waals surface area contributed by atoms with Crippen LogP contribution < -0.4 is 4.90 Å². The standard InChI is InChI=1S/C58H38N2/c1-3-16-39(17-4-1)40-29-33-44(34-30-40)60(54-38-43-20-7-8-21-46(43)48-22-9-12-25-51(48)54)45-35-31-41(32-36-45)47-28-15-37-59-57(47)55(42-18-5-2-6-19-42)56-52-26-13-10-23-49(52)50-24-11-14-27-53(50)58(56)59/h1-38H. The molecule has 2 nitrogen and oxygen atoms in total. The Kier molecular flexibility index (Phi) is 7.89. The molecular formula is C58H38N2. The number of benzene rings is 10. The number of rotatable bonds is 6. The second-order valence-corrected chi connectivity index (χ2v) is 15.7. The molecule has 60 heavy (non-hydrogen) atoms. The van der Waals surface area contributed by atoms with Crippen LogP contribution in [0.5, 0.6) is 0 Å². The Hall–Kier alpha value is -7.94. The van der Waals surface area contributed by atoms with E-state index in [0.29, 0.717) is 0 Å². The fraction of sp³-hybridized carbons (Fsp3) is 0. The Morgan fingerprint density at radius 1 is 0.317 bits per heavy atom. The molecule has 0 radical (unpaired) electrons. The number of anilines is 3. The van der Waals surface area contributed by atoms with Crippen molar-refractivity contribution in [2.24, 2.45) is 0 Å². The van der Waals surface area contributed by atoms with Crippen molar-refractivity contribution in [1.82, 2.24) is 4.40 Å². The average Bonchev–Trinajstić information content (AvgIpc) is 3.69. The zero-order chi connectivity index (χ0) is 39.6. The van der Waals surface area contributed by atoms with Crippen LogP contribution in [0.25, 0.3) is 92.9 Å². The van der Waals surface area contributed by atoms with E-state index in [0.717, 1.165) is 17.1 Å². The van der Waals surface area contributed by atoms with Crippen molar-refractivity contribution in [2.45, 2.75) is 0 Å². The quantitative estimate of drug-likeness (QED) is 0.153. The first-order chi connectivity index (χ1) is 29.8. The molecule has 0 bridgehead atoms. The van der Waals surface area contributed by atoms with E-state index in [2.05, 4.69) is 240 Å². The molecule has 10 aromatic carbocycles. The van der Waals surface area contributed by atoms with Gasteiger partial charge in [0, 0.05) is 44.9 Å². The van der Waals surface area contributed by atoms with Gasteiger partial charge in [-0.25, -0.2) is 0 Å². The highest BCUT2D eigenvalue weighted by Gasteiger charge is 2.23. The molecule has 2 aromatic heterocycles. The SMILES string of the molecule is c1ccc(-c2ccc(N(c3ccc(-c4cccn5c4c(-c4ccccc4)c4c6ccccc6c6ccccc6c45)cc3)c3cc4ccccc4c4ccccc34)cc2)cc1. The van der Waals surface area contributed by atoms with Crippen LogP contribution in [-0.4, -0.2) is 4.40 Å². The van der Waals surface area contributed by atoms with Crippen LogP contribution in [0.3, 0.4) is 0 Å². The number of fused-ring (bicyclic) bond motifs is 11. The lowest BCUT2D eigenvalue weighted by atomic mass is 9.93. The maximum absolute atomic E-state index is 2.44. The van der Waals surface area contributed by atoms with Crippen molar-refractivity contribution in [3.8, 4) is 33.4 Å². The van der Waals surface area contributed by atoms with Crippen molar-refractivity contribution in [2.75, 3.05) is 4.90 Å². The molecule has 0 amide bonds. The van der Waals surface area contributed by atoms with Gasteiger partial charge in [-0.2, -0.15) is 0 Å². The van der Waals surface area contributed by atoms with E-state index in [9.17, 15) is 0 Å². The van der Waals surface area contributed by atoms with Crippen molar-refractivity contribution in [3.63, 3.8) is 0 Å². The Bertz CT molecular complexity index is 3570. The molecule has 0 unspecified atom stereocenters. The second-order valence-electron chi connectivity index (χ2n) is 15.7. The molecule has 2 heteroatoms. The topological polar surface area (TPSA) is 7.65 Å². The largest absolute Gasteiger partial charge is 0.315 e. The van der Waals surface area contributed by atoms with Crippen LogP contribution in [0.2, 0.25) is 0 Å². The highest BCUT2D eigenvalue weighted by atomic mass is 15.1. The maximum Gasteiger partial charge on any atom is 0.0620 e. The minimum atomic E-state index is 1.10. The molecule has 0 aliphatic rings. The molecule has 0 N–H and O–H groups in total. The summed E-state index contributed by atoms with van der Waals surface area (Å²) >= 11 is 0. The van der Waals surface area contributed by atoms with Gasteiger partial charge in [0.05, 0.1) is 16.7 Å². The van der Waals surface area contributed by atoms with Crippen molar-refractivity contribution in [3.05, 3.63) is 231 Å². The van der Waals surface area contributed by atoms with Crippen LogP contribution in [0.1, 0.15) is 0 Å². The van der Waals surface area contributed by atoms with Gasteiger partial charge < -0.3 is 9.30 Å². The van der Waals surface area contributed by atoms with Gasteiger partial charge in [0.25, 0.3) is 0 Å². The summed E-state index contributed by atoms with van der Waals surface area (Å²) in [5, 5.41) is 11.3. The van der Waals surface area contributed by atoms with E-state index in [1.165, 1.54) is 92.9 Å². The molecule has 2 heterocycles. The van der Waals surface area contributed by atoms with Gasteiger partial charge in [0.1, 0.15) is 0 Å². The van der Waals surface area contributed by atoms with Crippen molar-refractivity contribution >= 4 is 76.6 Å². The highest BCUT2D eigenvalue weighted by molar-refractivity contribution is 6.31. The molecule has 0 fully saturated rings. The third kappa shape index (κ3) is 5.35. The molecule has 12 rings (SSSR count). The Labute approximate surface area is 348 Å². The van der Waals surface area contributed by atoms with Crippen LogP contribution in [-0.2, 0) is 0 Å². The number of aromatic nitrogens is 1. The minimum Gasteiger partial charge on any atom is -0.315 e. The predicted molar refractivity (Wildman–Crippen MR) is 256 cm³/mol. The molecule has 0 saturated heterocycles. The predicted octanol–water partition coefficient (Wildman–Crippen LogP) is 16.2. The minimum absolute atomic E-state index is 1.10. The van der Waals surface area contributed by atoms with Crippen molar-refractivity contribution in [1.29, 1.82) is 0 Å². The molecule has 0 aliphatic heterocycles. The molecule has 0 saturated carbocycles. The number of hydrogen-bond acceptors (Lipinski definition) is 1. The van der Waals surface area contributed by atoms with Gasteiger partial charge in [-0.05, 0) is 91.0 Å². The third-order valence-electron chi connectivity index (χ3n) is 12.3. The van der Waals surface area contributed by atoms with Gasteiger partial charge in [0.2, 0.25) is 0 Å². The van der Waals surface area contributed by atoms with E-state index >= 15 is 0 Å². The van der Waals surface area contributed by atoms with E-state index in [-0.39, 0.29) is 0 Å². The lowest BCUT2D eigenvalue weighted by molar-refractivity contribution is 1.26. The van der Waals surface area contributed by atoms with E-state index in [1.807, 2.05) is 0 Å². The molecule has 0 atom stereocenters. The summed E-state index contributed by atoms with van der Waals surface area (Å²) < 4.78 is 2.44. The highest BCUT2D eigenvalue weighted by Crippen LogP contribution is 2.47. The third-order valence-corrected chi connectivity index (χ3v) is 12.3. The zero-order valence-corrected chi connectivity index (χ0v) is 32.8.